The van der Waals surface area contributed by atoms with E-state index in [0.29, 0.717) is 18.6 Å². The molecule has 0 spiro atoms. The fourth-order valence-electron chi connectivity index (χ4n) is 3.25. The highest BCUT2D eigenvalue weighted by Crippen LogP contribution is 2.31. The van der Waals surface area contributed by atoms with Crippen LogP contribution < -0.4 is 14.6 Å². The molecule has 3 heterocycles. The summed E-state index contributed by atoms with van der Waals surface area (Å²) in [6.45, 7) is 1.67. The molecule has 1 aromatic carbocycles. The molecule has 2 aliphatic heterocycles. The quantitative estimate of drug-likeness (QED) is 0.717. The van der Waals surface area contributed by atoms with E-state index in [9.17, 15) is 18.0 Å². The lowest BCUT2D eigenvalue weighted by atomic mass is 10.1. The van der Waals surface area contributed by atoms with Crippen LogP contribution in [0.3, 0.4) is 0 Å². The Balaban J connectivity index is 1.68. The molecule has 1 aromatic heterocycles. The van der Waals surface area contributed by atoms with Crippen molar-refractivity contribution in [3.05, 3.63) is 53.1 Å². The van der Waals surface area contributed by atoms with Gasteiger partial charge in [-0.3, -0.25) is 4.79 Å². The summed E-state index contributed by atoms with van der Waals surface area (Å²) in [6, 6.07) is 7.90. The summed E-state index contributed by atoms with van der Waals surface area (Å²) in [5.41, 5.74) is 1.90. The van der Waals surface area contributed by atoms with Crippen LogP contribution in [-0.4, -0.2) is 42.6 Å². The Morgan fingerprint density at radius 3 is 2.73 bits per heavy atom. The van der Waals surface area contributed by atoms with Crippen molar-refractivity contribution in [2.45, 2.75) is 25.9 Å². The van der Waals surface area contributed by atoms with Gasteiger partial charge in [-0.1, -0.05) is 4.36 Å². The Bertz CT molecular complexity index is 1140. The van der Waals surface area contributed by atoms with Crippen molar-refractivity contribution in [3.63, 3.8) is 0 Å². The summed E-state index contributed by atoms with van der Waals surface area (Å²) < 4.78 is 44.7. The molecule has 2 aliphatic rings. The van der Waals surface area contributed by atoms with Crippen molar-refractivity contribution in [1.29, 1.82) is 0 Å². The second kappa shape index (κ2) is 7.85. The van der Waals surface area contributed by atoms with Crippen molar-refractivity contribution in [3.8, 4) is 5.75 Å². The van der Waals surface area contributed by atoms with Gasteiger partial charge >= 0.3 is 17.6 Å². The van der Waals surface area contributed by atoms with Gasteiger partial charge in [0.1, 0.15) is 17.6 Å². The number of ether oxygens (including phenoxy) is 1. The van der Waals surface area contributed by atoms with Crippen molar-refractivity contribution < 1.29 is 27.1 Å². The zero-order valence-corrected chi connectivity index (χ0v) is 16.2. The predicted octanol–water partition coefficient (Wildman–Crippen LogP) is 2.81. The van der Waals surface area contributed by atoms with Crippen LogP contribution in [-0.2, 0) is 0 Å². The summed E-state index contributed by atoms with van der Waals surface area (Å²) in [7, 11) is 0. The Morgan fingerprint density at radius 1 is 1.23 bits per heavy atom. The molecule has 1 amide bonds. The van der Waals surface area contributed by atoms with Gasteiger partial charge in [0.15, 0.2) is 6.61 Å². The van der Waals surface area contributed by atoms with E-state index in [0.717, 1.165) is 18.4 Å². The molecule has 1 saturated heterocycles. The summed E-state index contributed by atoms with van der Waals surface area (Å²) in [6.07, 6.45) is -0.934. The minimum absolute atomic E-state index is 0.0797. The van der Waals surface area contributed by atoms with E-state index in [1.807, 2.05) is 13.0 Å². The fraction of sp³-hybridized carbons (Fsp3) is 0.350. The van der Waals surface area contributed by atoms with Crippen LogP contribution in [0.2, 0.25) is 0 Å². The average molecular weight is 418 g/mol. The predicted molar refractivity (Wildman–Crippen MR) is 101 cm³/mol. The Kier molecular flexibility index (Phi) is 5.23. The van der Waals surface area contributed by atoms with E-state index >= 15 is 0 Å². The standard InChI is InChI=1S/C20H19F3N5O2/c1-13-4-7-17-25-19(26-28(17)11-13)24-15-6-5-14(18(29)27-8-2-3-9-27)10-16(15)30-12-20(21,22)23/h4-7,10-11H,2-3,8-9,12H2,1H3/q+1. The first-order chi connectivity index (χ1) is 14.3. The number of aryl methyl sites for hydroxylation is 1. The number of halogens is 3. The number of alkyl halides is 3. The van der Waals surface area contributed by atoms with Crippen LogP contribution in [0.15, 0.2) is 51.6 Å². The van der Waals surface area contributed by atoms with Gasteiger partial charge in [0.05, 0.1) is 0 Å². The smallest absolute Gasteiger partial charge is 0.422 e. The highest BCUT2D eigenvalue weighted by molar-refractivity contribution is 5.95. The minimum Gasteiger partial charge on any atom is -0.482 e. The molecule has 2 aromatic rings. The molecule has 1 fully saturated rings. The lowest BCUT2D eigenvalue weighted by Gasteiger charge is -2.17. The van der Waals surface area contributed by atoms with Gasteiger partial charge in [-0.15, -0.1) is 0 Å². The van der Waals surface area contributed by atoms with E-state index in [-0.39, 0.29) is 28.9 Å². The first kappa shape index (κ1) is 20.0. The molecule has 0 bridgehead atoms. The highest BCUT2D eigenvalue weighted by atomic mass is 19.4. The summed E-state index contributed by atoms with van der Waals surface area (Å²) >= 11 is 0. The largest absolute Gasteiger partial charge is 0.482 e. The second-order valence-electron chi connectivity index (χ2n) is 7.12. The van der Waals surface area contributed by atoms with E-state index in [1.54, 1.807) is 17.2 Å². The van der Waals surface area contributed by atoms with E-state index in [4.69, 9.17) is 4.74 Å². The van der Waals surface area contributed by atoms with Gasteiger partial charge in [0.2, 0.25) is 0 Å². The van der Waals surface area contributed by atoms with Crippen LogP contribution >= 0.6 is 0 Å². The third-order valence-electron chi connectivity index (χ3n) is 4.68. The van der Waals surface area contributed by atoms with Gasteiger partial charge in [0.25, 0.3) is 5.91 Å². The zero-order chi connectivity index (χ0) is 21.3. The van der Waals surface area contributed by atoms with Crippen LogP contribution in [0.4, 0.5) is 18.9 Å². The molecular formula is C20H19F3N5O2+. The van der Waals surface area contributed by atoms with Crippen molar-refractivity contribution >= 4 is 17.6 Å². The summed E-state index contributed by atoms with van der Waals surface area (Å²) in [5.74, 6) is -0.305. The first-order valence-electron chi connectivity index (χ1n) is 9.46. The topological polar surface area (TPSA) is 72.5 Å². The molecule has 0 aliphatic carbocycles. The van der Waals surface area contributed by atoms with Crippen LogP contribution in [0, 0.1) is 6.92 Å². The molecule has 0 unspecified atom stereocenters. The molecule has 0 radical (unpaired) electrons. The highest BCUT2D eigenvalue weighted by Gasteiger charge is 2.29. The number of nitrogens with zero attached hydrogens (tertiary/aromatic N) is 5. The Morgan fingerprint density at radius 2 is 2.00 bits per heavy atom. The number of carbonyl (C=O) groups is 1. The van der Waals surface area contributed by atoms with Crippen molar-refractivity contribution in [1.82, 2.24) is 4.90 Å². The third kappa shape index (κ3) is 4.47. The molecule has 7 nitrogen and oxygen atoms in total. The Labute approximate surface area is 169 Å². The minimum atomic E-state index is -4.52. The van der Waals surface area contributed by atoms with E-state index in [2.05, 4.69) is 15.1 Å². The molecular weight excluding hydrogens is 399 g/mol. The molecule has 0 N–H and O–H groups in total. The molecule has 0 saturated carbocycles. The van der Waals surface area contributed by atoms with Gasteiger partial charge in [-0.25, -0.2) is 0 Å². The number of carbonyl (C=O) groups excluding carboxylic acids is 1. The van der Waals surface area contributed by atoms with Gasteiger partial charge in [0, 0.05) is 29.7 Å². The number of hydrogen-bond acceptors (Lipinski definition) is 3. The number of fused-ring (bicyclic) bond motifs is 1. The van der Waals surface area contributed by atoms with Crippen LogP contribution in [0.5, 0.6) is 5.75 Å². The zero-order valence-electron chi connectivity index (χ0n) is 16.2. The fourth-order valence-corrected chi connectivity index (χ4v) is 3.25. The summed E-state index contributed by atoms with van der Waals surface area (Å²) in [5, 5.41) is 4.23. The molecule has 30 heavy (non-hydrogen) atoms. The number of amides is 1. The number of rotatable bonds is 4. The maximum Gasteiger partial charge on any atom is 0.422 e. The number of benzene rings is 1. The normalized spacial score (nSPS) is 16.9. The molecule has 4 rings (SSSR count). The first-order valence-corrected chi connectivity index (χ1v) is 9.46. The van der Waals surface area contributed by atoms with E-state index < -0.39 is 12.8 Å². The van der Waals surface area contributed by atoms with Gasteiger partial charge < -0.3 is 9.64 Å². The number of aromatic nitrogens is 1. The molecule has 10 heteroatoms. The lowest BCUT2D eigenvalue weighted by Crippen LogP contribution is -2.33. The van der Waals surface area contributed by atoms with Gasteiger partial charge in [-0.05, 0) is 54.7 Å². The molecule has 156 valence electrons. The maximum atomic E-state index is 12.7. The van der Waals surface area contributed by atoms with E-state index in [1.165, 1.54) is 22.6 Å². The third-order valence-corrected chi connectivity index (χ3v) is 4.68. The van der Waals surface area contributed by atoms with Crippen molar-refractivity contribution in [2.24, 2.45) is 15.1 Å². The Hall–Kier alpha value is -3.30. The number of likely N-dealkylation sites (tertiary alicyclic amines) is 1. The van der Waals surface area contributed by atoms with Crippen LogP contribution in [0.1, 0.15) is 28.8 Å². The summed E-state index contributed by atoms with van der Waals surface area (Å²) in [4.78, 5) is 22.8. The van der Waals surface area contributed by atoms with Crippen LogP contribution in [0.25, 0.3) is 0 Å². The number of guanidine groups is 1. The second-order valence-corrected chi connectivity index (χ2v) is 7.12. The monoisotopic (exact) mass is 418 g/mol. The number of hydrogen-bond donors (Lipinski definition) is 0. The average Bonchev–Trinajstić information content (AvgIpc) is 3.35. The van der Waals surface area contributed by atoms with Crippen molar-refractivity contribution in [2.75, 3.05) is 19.7 Å². The SMILES string of the molecule is Cc1ccc2[n+](c1)=NC(=Nc1ccc(C(=O)N3CCCC3)cc1OCC(F)(F)F)N=2. The maximum absolute atomic E-state index is 12.7. The number of aliphatic imine (C=N–C) groups is 1. The lowest BCUT2D eigenvalue weighted by molar-refractivity contribution is -0.554. The molecule has 0 atom stereocenters. The number of pyridine rings is 1. The van der Waals surface area contributed by atoms with Gasteiger partial charge in [-0.2, -0.15) is 18.2 Å².